The van der Waals surface area contributed by atoms with Crippen LogP contribution < -0.4 is 20.1 Å². The molecule has 0 bridgehead atoms. The Morgan fingerprint density at radius 1 is 0.949 bits per heavy atom. The monoisotopic (exact) mass is 523 g/mol. The van der Waals surface area contributed by atoms with E-state index >= 15 is 0 Å². The molecule has 39 heavy (non-hydrogen) atoms. The SMILES string of the molecule is CN(C)CCN(C)C(=O)c1ccc(N/C(=C2\C(=O)Nc3cc(C#N)ccc32)c2ccc3c(c2)OCCO3)cc1. The molecule has 0 aromatic heterocycles. The fraction of sp³-hybridized carbons (Fsp3) is 0.233. The van der Waals surface area contributed by atoms with Gasteiger partial charge in [0, 0.05) is 42.5 Å². The van der Waals surface area contributed by atoms with Gasteiger partial charge in [-0.05, 0) is 68.7 Å². The third kappa shape index (κ3) is 5.42. The average Bonchev–Trinajstić information content (AvgIpc) is 3.28. The van der Waals surface area contributed by atoms with Crippen molar-refractivity contribution in [2.45, 2.75) is 0 Å². The van der Waals surface area contributed by atoms with Gasteiger partial charge in [0.2, 0.25) is 0 Å². The summed E-state index contributed by atoms with van der Waals surface area (Å²) >= 11 is 0. The van der Waals surface area contributed by atoms with Gasteiger partial charge in [-0.15, -0.1) is 0 Å². The largest absolute Gasteiger partial charge is 0.486 e. The van der Waals surface area contributed by atoms with Crippen molar-refractivity contribution in [3.05, 3.63) is 82.9 Å². The third-order valence-corrected chi connectivity index (χ3v) is 6.60. The number of ether oxygens (including phenoxy) is 2. The lowest BCUT2D eigenvalue weighted by Crippen LogP contribution is -2.33. The molecule has 0 unspecified atom stereocenters. The molecule has 0 fully saturated rings. The second-order valence-electron chi connectivity index (χ2n) is 9.67. The number of carbonyl (C=O) groups is 2. The van der Waals surface area contributed by atoms with Gasteiger partial charge in [-0.3, -0.25) is 9.59 Å². The lowest BCUT2D eigenvalue weighted by Gasteiger charge is -2.21. The summed E-state index contributed by atoms with van der Waals surface area (Å²) in [5.41, 5.74) is 4.73. The maximum absolute atomic E-state index is 13.3. The van der Waals surface area contributed by atoms with Gasteiger partial charge in [0.1, 0.15) is 13.2 Å². The molecule has 2 heterocycles. The molecular weight excluding hydrogens is 494 g/mol. The second kappa shape index (κ2) is 10.9. The van der Waals surface area contributed by atoms with E-state index in [2.05, 4.69) is 16.7 Å². The van der Waals surface area contributed by atoms with Crippen LogP contribution in [0, 0.1) is 11.3 Å². The maximum Gasteiger partial charge on any atom is 0.258 e. The Bertz CT molecular complexity index is 1500. The number of carbonyl (C=O) groups excluding carboxylic acids is 2. The number of nitriles is 1. The molecule has 0 spiro atoms. The number of hydrogen-bond acceptors (Lipinski definition) is 7. The molecule has 9 heteroatoms. The number of benzene rings is 3. The van der Waals surface area contributed by atoms with Crippen molar-refractivity contribution >= 4 is 34.5 Å². The minimum Gasteiger partial charge on any atom is -0.486 e. The predicted molar refractivity (Wildman–Crippen MR) is 150 cm³/mol. The topological polar surface area (TPSA) is 107 Å². The van der Waals surface area contributed by atoms with Crippen molar-refractivity contribution in [3.63, 3.8) is 0 Å². The van der Waals surface area contributed by atoms with Gasteiger partial charge in [0.15, 0.2) is 11.5 Å². The number of nitrogens with zero attached hydrogens (tertiary/aromatic N) is 3. The van der Waals surface area contributed by atoms with Crippen LogP contribution >= 0.6 is 0 Å². The molecular formula is C30H29N5O4. The summed E-state index contributed by atoms with van der Waals surface area (Å²) in [7, 11) is 5.73. The summed E-state index contributed by atoms with van der Waals surface area (Å²) in [4.78, 5) is 29.8. The van der Waals surface area contributed by atoms with E-state index in [1.807, 2.05) is 49.3 Å². The first kappa shape index (κ1) is 25.8. The number of anilines is 2. The van der Waals surface area contributed by atoms with Crippen molar-refractivity contribution in [1.82, 2.24) is 9.80 Å². The van der Waals surface area contributed by atoms with Crippen LogP contribution in [0.25, 0.3) is 11.3 Å². The van der Waals surface area contributed by atoms with Crippen molar-refractivity contribution < 1.29 is 19.1 Å². The molecule has 0 aliphatic carbocycles. The van der Waals surface area contributed by atoms with Crippen molar-refractivity contribution in [2.75, 3.05) is 58.1 Å². The number of rotatable bonds is 7. The molecule has 0 saturated carbocycles. The quantitative estimate of drug-likeness (QED) is 0.453. The van der Waals surface area contributed by atoms with E-state index in [1.54, 1.807) is 42.3 Å². The Balaban J connectivity index is 1.51. The highest BCUT2D eigenvalue weighted by molar-refractivity contribution is 6.37. The molecule has 2 aliphatic heterocycles. The molecule has 2 aliphatic rings. The van der Waals surface area contributed by atoms with Gasteiger partial charge in [0.25, 0.3) is 11.8 Å². The Morgan fingerprint density at radius 2 is 1.67 bits per heavy atom. The minimum atomic E-state index is -0.285. The molecule has 0 saturated heterocycles. The van der Waals surface area contributed by atoms with E-state index in [0.29, 0.717) is 70.6 Å². The summed E-state index contributed by atoms with van der Waals surface area (Å²) < 4.78 is 11.5. The Morgan fingerprint density at radius 3 is 2.38 bits per heavy atom. The van der Waals surface area contributed by atoms with E-state index in [0.717, 1.165) is 12.1 Å². The molecule has 198 valence electrons. The molecule has 3 aromatic carbocycles. The van der Waals surface area contributed by atoms with Crippen LogP contribution in [0.2, 0.25) is 0 Å². The van der Waals surface area contributed by atoms with Crippen LogP contribution in [0.5, 0.6) is 11.5 Å². The highest BCUT2D eigenvalue weighted by Crippen LogP contribution is 2.40. The van der Waals surface area contributed by atoms with Crippen LogP contribution in [0.1, 0.15) is 27.0 Å². The van der Waals surface area contributed by atoms with E-state index < -0.39 is 0 Å². The first-order valence-corrected chi connectivity index (χ1v) is 12.6. The lowest BCUT2D eigenvalue weighted by atomic mass is 9.98. The number of amides is 2. The molecule has 0 radical (unpaired) electrons. The van der Waals surface area contributed by atoms with Gasteiger partial charge in [-0.25, -0.2) is 0 Å². The highest BCUT2D eigenvalue weighted by atomic mass is 16.6. The smallest absolute Gasteiger partial charge is 0.258 e. The van der Waals surface area contributed by atoms with E-state index in [4.69, 9.17) is 9.47 Å². The summed E-state index contributed by atoms with van der Waals surface area (Å²) in [6, 6.07) is 19.9. The van der Waals surface area contributed by atoms with Crippen LogP contribution in [0.3, 0.4) is 0 Å². The maximum atomic E-state index is 13.3. The first-order valence-electron chi connectivity index (χ1n) is 12.6. The van der Waals surface area contributed by atoms with Crippen LogP contribution in [0.4, 0.5) is 11.4 Å². The van der Waals surface area contributed by atoms with Crippen molar-refractivity contribution in [1.29, 1.82) is 5.26 Å². The standard InChI is InChI=1S/C30H29N5O4/c1-34(2)12-13-35(3)30(37)20-5-8-22(9-6-20)32-28(21-7-11-25-26(17-21)39-15-14-38-25)27-23-10-4-19(18-31)16-24(23)33-29(27)36/h4-11,16-17,32H,12-15H2,1-3H3,(H,33,36)/b28-27-. The summed E-state index contributed by atoms with van der Waals surface area (Å²) in [6.07, 6.45) is 0. The van der Waals surface area contributed by atoms with Gasteiger partial charge in [-0.2, -0.15) is 5.26 Å². The summed E-state index contributed by atoms with van der Waals surface area (Å²) in [6.45, 7) is 2.31. The van der Waals surface area contributed by atoms with Crippen molar-refractivity contribution in [2.24, 2.45) is 0 Å². The van der Waals surface area contributed by atoms with Gasteiger partial charge in [-0.1, -0.05) is 6.07 Å². The Labute approximate surface area is 227 Å². The van der Waals surface area contributed by atoms with Gasteiger partial charge in [0.05, 0.1) is 28.6 Å². The third-order valence-electron chi connectivity index (χ3n) is 6.60. The van der Waals surface area contributed by atoms with Gasteiger partial charge < -0.3 is 29.9 Å². The van der Waals surface area contributed by atoms with E-state index in [-0.39, 0.29) is 11.8 Å². The van der Waals surface area contributed by atoms with Crippen LogP contribution in [0.15, 0.2) is 60.7 Å². The van der Waals surface area contributed by atoms with E-state index in [9.17, 15) is 14.9 Å². The molecule has 0 atom stereocenters. The zero-order valence-electron chi connectivity index (χ0n) is 22.1. The minimum absolute atomic E-state index is 0.0637. The second-order valence-corrected chi connectivity index (χ2v) is 9.67. The Kier molecular flexibility index (Phi) is 7.21. The van der Waals surface area contributed by atoms with Gasteiger partial charge >= 0.3 is 0 Å². The lowest BCUT2D eigenvalue weighted by molar-refractivity contribution is -0.110. The first-order chi connectivity index (χ1) is 18.8. The predicted octanol–water partition coefficient (Wildman–Crippen LogP) is 3.90. The number of likely N-dealkylation sites (N-methyl/N-ethyl adjacent to an activating group) is 2. The summed E-state index contributed by atoms with van der Waals surface area (Å²) in [5.74, 6) is 0.891. The van der Waals surface area contributed by atoms with Crippen molar-refractivity contribution in [3.8, 4) is 17.6 Å². The fourth-order valence-electron chi connectivity index (χ4n) is 4.48. The Hall–Kier alpha value is -4.81. The normalized spacial score (nSPS) is 14.8. The number of nitrogens with one attached hydrogen (secondary N) is 2. The zero-order valence-corrected chi connectivity index (χ0v) is 22.1. The molecule has 2 amide bonds. The molecule has 9 nitrogen and oxygen atoms in total. The van der Waals surface area contributed by atoms with E-state index in [1.165, 1.54) is 0 Å². The van der Waals surface area contributed by atoms with Crippen LogP contribution in [-0.2, 0) is 4.79 Å². The zero-order chi connectivity index (χ0) is 27.5. The molecule has 5 rings (SSSR count). The summed E-state index contributed by atoms with van der Waals surface area (Å²) in [5, 5.41) is 15.6. The van der Waals surface area contributed by atoms with Crippen LogP contribution in [-0.4, -0.2) is 69.1 Å². The molecule has 3 aromatic rings. The highest BCUT2D eigenvalue weighted by Gasteiger charge is 2.29. The number of fused-ring (bicyclic) bond motifs is 2. The fourth-order valence-corrected chi connectivity index (χ4v) is 4.48. The molecule has 2 N–H and O–H groups in total. The number of hydrogen-bond donors (Lipinski definition) is 2. The average molecular weight is 524 g/mol.